The summed E-state index contributed by atoms with van der Waals surface area (Å²) in [6, 6.07) is 10.6. The van der Waals surface area contributed by atoms with Crippen molar-refractivity contribution in [3.63, 3.8) is 0 Å². The van der Waals surface area contributed by atoms with Crippen molar-refractivity contribution in [3.05, 3.63) is 35.9 Å². The third kappa shape index (κ3) is 4.85. The van der Waals surface area contributed by atoms with Gasteiger partial charge in [0.2, 0.25) is 5.91 Å². The number of amides is 1. The fourth-order valence-electron chi connectivity index (χ4n) is 3.22. The van der Waals surface area contributed by atoms with Crippen molar-refractivity contribution in [2.24, 2.45) is 11.7 Å². The summed E-state index contributed by atoms with van der Waals surface area (Å²) in [5.41, 5.74) is 7.37. The number of hydrogen-bond donors (Lipinski definition) is 2. The molecule has 1 amide bonds. The van der Waals surface area contributed by atoms with Crippen LogP contribution in [0.3, 0.4) is 0 Å². The van der Waals surface area contributed by atoms with Crippen LogP contribution in [0.25, 0.3) is 0 Å². The zero-order valence-electron chi connectivity index (χ0n) is 13.2. The van der Waals surface area contributed by atoms with Crippen LogP contribution < -0.4 is 11.1 Å². The first kappa shape index (κ1) is 16.0. The molecule has 3 nitrogen and oxygen atoms in total. The molecule has 21 heavy (non-hydrogen) atoms. The van der Waals surface area contributed by atoms with Crippen LogP contribution in [0.15, 0.2) is 30.3 Å². The van der Waals surface area contributed by atoms with Crippen molar-refractivity contribution < 1.29 is 4.79 Å². The first-order valence-electron chi connectivity index (χ1n) is 8.17. The Morgan fingerprint density at radius 2 is 1.81 bits per heavy atom. The van der Waals surface area contributed by atoms with Gasteiger partial charge in [0.15, 0.2) is 0 Å². The lowest BCUT2D eigenvalue weighted by atomic mass is 9.81. The first-order valence-corrected chi connectivity index (χ1v) is 8.17. The highest BCUT2D eigenvalue weighted by Crippen LogP contribution is 2.32. The molecule has 1 saturated carbocycles. The van der Waals surface area contributed by atoms with E-state index in [1.807, 2.05) is 0 Å². The number of carbonyl (C=O) groups is 1. The van der Waals surface area contributed by atoms with Crippen LogP contribution in [0.4, 0.5) is 0 Å². The van der Waals surface area contributed by atoms with E-state index in [4.69, 9.17) is 5.73 Å². The fraction of sp³-hybridized carbons (Fsp3) is 0.611. The molecule has 0 spiro atoms. The minimum atomic E-state index is -0.364. The van der Waals surface area contributed by atoms with E-state index in [1.54, 1.807) is 0 Å². The largest absolute Gasteiger partial charge is 0.352 e. The van der Waals surface area contributed by atoms with Gasteiger partial charge in [0.05, 0.1) is 6.04 Å². The van der Waals surface area contributed by atoms with E-state index < -0.39 is 0 Å². The molecule has 1 aliphatic carbocycles. The van der Waals surface area contributed by atoms with Crippen molar-refractivity contribution in [2.45, 2.75) is 64.0 Å². The van der Waals surface area contributed by atoms with Gasteiger partial charge in [0.25, 0.3) is 0 Å². The molecule has 0 radical (unpaired) electrons. The molecule has 116 valence electrons. The Balaban J connectivity index is 1.78. The van der Waals surface area contributed by atoms with Gasteiger partial charge in [-0.1, -0.05) is 44.2 Å². The van der Waals surface area contributed by atoms with Crippen LogP contribution in [-0.4, -0.2) is 18.0 Å². The van der Waals surface area contributed by atoms with Crippen molar-refractivity contribution >= 4 is 5.91 Å². The molecule has 2 rings (SSSR count). The van der Waals surface area contributed by atoms with Gasteiger partial charge in [0.1, 0.15) is 0 Å². The Bertz CT molecular complexity index is 436. The average molecular weight is 288 g/mol. The van der Waals surface area contributed by atoms with Gasteiger partial charge in [-0.25, -0.2) is 0 Å². The standard InChI is InChI=1S/C18H28N2O/c1-13(2)12-17(19)18(21)20-16-10-8-15(9-11-16)14-6-4-3-5-7-14/h3-7,13,15-17H,8-12,19H2,1-2H3,(H,20,21). The van der Waals surface area contributed by atoms with Crippen molar-refractivity contribution in [1.82, 2.24) is 5.32 Å². The molecule has 1 atom stereocenters. The highest BCUT2D eigenvalue weighted by atomic mass is 16.2. The molecule has 3 heteroatoms. The molecule has 0 bridgehead atoms. The lowest BCUT2D eigenvalue weighted by molar-refractivity contribution is -0.123. The molecule has 1 unspecified atom stereocenters. The maximum atomic E-state index is 12.1. The van der Waals surface area contributed by atoms with E-state index in [-0.39, 0.29) is 11.9 Å². The molecular weight excluding hydrogens is 260 g/mol. The van der Waals surface area contributed by atoms with Gasteiger partial charge in [-0.3, -0.25) is 4.79 Å². The first-order chi connectivity index (χ1) is 10.1. The van der Waals surface area contributed by atoms with E-state index in [9.17, 15) is 4.79 Å². The second kappa shape index (κ2) is 7.60. The number of rotatable bonds is 5. The van der Waals surface area contributed by atoms with Crippen molar-refractivity contribution in [3.8, 4) is 0 Å². The topological polar surface area (TPSA) is 55.1 Å². The van der Waals surface area contributed by atoms with Gasteiger partial charge in [-0.15, -0.1) is 0 Å². The quantitative estimate of drug-likeness (QED) is 0.874. The second-order valence-electron chi connectivity index (χ2n) is 6.70. The molecular formula is C18H28N2O. The normalized spacial score (nSPS) is 23.8. The number of nitrogens with one attached hydrogen (secondary N) is 1. The van der Waals surface area contributed by atoms with Gasteiger partial charge < -0.3 is 11.1 Å². The monoisotopic (exact) mass is 288 g/mol. The van der Waals surface area contributed by atoms with E-state index in [1.165, 1.54) is 5.56 Å². The van der Waals surface area contributed by atoms with Gasteiger partial charge >= 0.3 is 0 Å². The number of carbonyl (C=O) groups excluding carboxylic acids is 1. The third-order valence-corrected chi connectivity index (χ3v) is 4.41. The van der Waals surface area contributed by atoms with Crippen LogP contribution in [0.1, 0.15) is 57.4 Å². The summed E-state index contributed by atoms with van der Waals surface area (Å²) in [6.45, 7) is 4.19. The Kier molecular flexibility index (Phi) is 5.80. The molecule has 3 N–H and O–H groups in total. The molecule has 0 aromatic heterocycles. The maximum absolute atomic E-state index is 12.1. The Labute approximate surface area is 128 Å². The summed E-state index contributed by atoms with van der Waals surface area (Å²) < 4.78 is 0. The van der Waals surface area contributed by atoms with Crippen LogP contribution >= 0.6 is 0 Å². The fourth-order valence-corrected chi connectivity index (χ4v) is 3.22. The lowest BCUT2D eigenvalue weighted by Crippen LogP contribution is -2.46. The SMILES string of the molecule is CC(C)CC(N)C(=O)NC1CCC(c2ccccc2)CC1. The van der Waals surface area contributed by atoms with E-state index >= 15 is 0 Å². The number of benzene rings is 1. The van der Waals surface area contributed by atoms with Crippen LogP contribution in [0.5, 0.6) is 0 Å². The average Bonchev–Trinajstić information content (AvgIpc) is 2.48. The Hall–Kier alpha value is -1.35. The van der Waals surface area contributed by atoms with Crippen LogP contribution in [-0.2, 0) is 4.79 Å². The predicted octanol–water partition coefficient (Wildman–Crippen LogP) is 3.20. The summed E-state index contributed by atoms with van der Waals surface area (Å²) in [5.74, 6) is 1.12. The summed E-state index contributed by atoms with van der Waals surface area (Å²) in [5, 5.41) is 3.13. The molecule has 1 aliphatic rings. The zero-order chi connectivity index (χ0) is 15.2. The van der Waals surface area contributed by atoms with Crippen molar-refractivity contribution in [1.29, 1.82) is 0 Å². The number of hydrogen-bond acceptors (Lipinski definition) is 2. The molecule has 0 aliphatic heterocycles. The summed E-state index contributed by atoms with van der Waals surface area (Å²) in [7, 11) is 0. The van der Waals surface area contributed by atoms with Gasteiger partial charge in [0, 0.05) is 6.04 Å². The van der Waals surface area contributed by atoms with E-state index in [0.29, 0.717) is 17.9 Å². The van der Waals surface area contributed by atoms with Crippen molar-refractivity contribution in [2.75, 3.05) is 0 Å². The van der Waals surface area contributed by atoms with Crippen LogP contribution in [0.2, 0.25) is 0 Å². The Morgan fingerprint density at radius 3 is 2.38 bits per heavy atom. The zero-order valence-corrected chi connectivity index (χ0v) is 13.2. The highest BCUT2D eigenvalue weighted by molar-refractivity contribution is 5.81. The third-order valence-electron chi connectivity index (χ3n) is 4.41. The summed E-state index contributed by atoms with van der Waals surface area (Å²) >= 11 is 0. The van der Waals surface area contributed by atoms with Gasteiger partial charge in [-0.2, -0.15) is 0 Å². The minimum Gasteiger partial charge on any atom is -0.352 e. The Morgan fingerprint density at radius 1 is 1.19 bits per heavy atom. The smallest absolute Gasteiger partial charge is 0.237 e. The predicted molar refractivity (Wildman–Crippen MR) is 87.0 cm³/mol. The lowest BCUT2D eigenvalue weighted by Gasteiger charge is -2.30. The molecule has 1 fully saturated rings. The minimum absolute atomic E-state index is 0.0202. The second-order valence-corrected chi connectivity index (χ2v) is 6.70. The molecule has 0 saturated heterocycles. The van der Waals surface area contributed by atoms with Gasteiger partial charge in [-0.05, 0) is 49.5 Å². The number of nitrogens with two attached hydrogens (primary N) is 1. The van der Waals surface area contributed by atoms with Crippen LogP contribution in [0, 0.1) is 5.92 Å². The van der Waals surface area contributed by atoms with E-state index in [0.717, 1.165) is 32.1 Å². The van der Waals surface area contributed by atoms with E-state index in [2.05, 4.69) is 49.5 Å². The molecule has 0 heterocycles. The molecule has 1 aromatic carbocycles. The maximum Gasteiger partial charge on any atom is 0.237 e. The highest BCUT2D eigenvalue weighted by Gasteiger charge is 2.25. The summed E-state index contributed by atoms with van der Waals surface area (Å²) in [4.78, 5) is 12.1. The molecule has 1 aromatic rings. The summed E-state index contributed by atoms with van der Waals surface area (Å²) in [6.07, 6.45) is 5.16.